The minimum Gasteiger partial charge on any atom is -0.444 e. The summed E-state index contributed by atoms with van der Waals surface area (Å²) in [5.74, 6) is 1.45. The van der Waals surface area contributed by atoms with Crippen LogP contribution in [0.1, 0.15) is 39.0 Å². The van der Waals surface area contributed by atoms with E-state index in [4.69, 9.17) is 19.4 Å². The molecule has 2 aliphatic heterocycles. The SMILES string of the molecule is C[C@H]1COCCN1c1nc(-c2ccc(N=O)cc2)nc2c1CCN(C(=O)OC(C)(C)C)C2. The van der Waals surface area contributed by atoms with Crippen molar-refractivity contribution in [1.29, 1.82) is 0 Å². The number of nitroso groups, excluding NO2 is 1. The molecule has 9 heteroatoms. The lowest BCUT2D eigenvalue weighted by molar-refractivity contribution is 0.0220. The summed E-state index contributed by atoms with van der Waals surface area (Å²) in [6.07, 6.45) is 0.313. The van der Waals surface area contributed by atoms with E-state index in [1.165, 1.54) is 0 Å². The maximum Gasteiger partial charge on any atom is 0.410 e. The van der Waals surface area contributed by atoms with Crippen LogP contribution in [0.2, 0.25) is 0 Å². The van der Waals surface area contributed by atoms with Crippen LogP contribution in [0.15, 0.2) is 29.4 Å². The van der Waals surface area contributed by atoms with Gasteiger partial charge in [-0.1, -0.05) is 0 Å². The van der Waals surface area contributed by atoms with Gasteiger partial charge in [0.1, 0.15) is 17.1 Å². The second-order valence-electron chi connectivity index (χ2n) is 9.20. The molecule has 1 aromatic heterocycles. The fraction of sp³-hybridized carbons (Fsp3) is 0.522. The van der Waals surface area contributed by atoms with Gasteiger partial charge in [0, 0.05) is 24.2 Å². The van der Waals surface area contributed by atoms with Gasteiger partial charge in [-0.3, -0.25) is 0 Å². The standard InChI is InChI=1S/C23H29N5O4/c1-15-14-31-12-11-28(15)21-18-9-10-27(22(29)32-23(2,3)4)13-19(18)24-20(25-21)16-5-7-17(26-30)8-6-16/h5-8,15H,9-14H2,1-4H3/t15-/m0/s1. The first-order valence-corrected chi connectivity index (χ1v) is 10.9. The minimum atomic E-state index is -0.559. The summed E-state index contributed by atoms with van der Waals surface area (Å²) in [6, 6.07) is 7.06. The molecule has 0 unspecified atom stereocenters. The fourth-order valence-corrected chi connectivity index (χ4v) is 3.97. The number of ether oxygens (including phenoxy) is 2. The summed E-state index contributed by atoms with van der Waals surface area (Å²) in [6.45, 7) is 10.6. The molecular formula is C23H29N5O4. The van der Waals surface area contributed by atoms with Crippen LogP contribution in [0.3, 0.4) is 0 Å². The smallest absolute Gasteiger partial charge is 0.410 e. The Kier molecular flexibility index (Phi) is 6.10. The summed E-state index contributed by atoms with van der Waals surface area (Å²) in [5.41, 5.74) is 2.46. The second kappa shape index (κ2) is 8.82. The second-order valence-corrected chi connectivity index (χ2v) is 9.20. The zero-order valence-electron chi connectivity index (χ0n) is 19.0. The van der Waals surface area contributed by atoms with Gasteiger partial charge in [-0.2, -0.15) is 0 Å². The minimum absolute atomic E-state index is 0.182. The van der Waals surface area contributed by atoms with Crippen LogP contribution in [0, 0.1) is 4.91 Å². The Bertz CT molecular complexity index is 1000. The molecule has 1 fully saturated rings. The molecule has 32 heavy (non-hydrogen) atoms. The Hall–Kier alpha value is -3.07. The van der Waals surface area contributed by atoms with Gasteiger partial charge >= 0.3 is 6.09 Å². The van der Waals surface area contributed by atoms with Gasteiger partial charge in [0.25, 0.3) is 0 Å². The van der Waals surface area contributed by atoms with Crippen molar-refractivity contribution in [2.75, 3.05) is 31.2 Å². The number of rotatable bonds is 3. The monoisotopic (exact) mass is 439 g/mol. The number of anilines is 1. The molecule has 0 bridgehead atoms. The van der Waals surface area contributed by atoms with Crippen molar-refractivity contribution in [2.24, 2.45) is 5.18 Å². The predicted octanol–water partition coefficient (Wildman–Crippen LogP) is 4.06. The quantitative estimate of drug-likeness (QED) is 0.665. The molecule has 1 atom stereocenters. The van der Waals surface area contributed by atoms with E-state index in [0.29, 0.717) is 44.2 Å². The molecule has 1 saturated heterocycles. The highest BCUT2D eigenvalue weighted by Crippen LogP contribution is 2.32. The summed E-state index contributed by atoms with van der Waals surface area (Å²) in [7, 11) is 0. The number of aromatic nitrogens is 2. The van der Waals surface area contributed by atoms with Crippen LogP contribution >= 0.6 is 0 Å². The number of hydrogen-bond donors (Lipinski definition) is 0. The van der Waals surface area contributed by atoms with Crippen molar-refractivity contribution in [2.45, 2.75) is 52.3 Å². The van der Waals surface area contributed by atoms with Gasteiger partial charge in [-0.25, -0.2) is 14.8 Å². The predicted molar refractivity (Wildman–Crippen MR) is 121 cm³/mol. The lowest BCUT2D eigenvalue weighted by atomic mass is 10.0. The fourth-order valence-electron chi connectivity index (χ4n) is 3.97. The molecule has 4 rings (SSSR count). The van der Waals surface area contributed by atoms with E-state index in [2.05, 4.69) is 17.0 Å². The molecular weight excluding hydrogens is 410 g/mol. The highest BCUT2D eigenvalue weighted by Gasteiger charge is 2.32. The van der Waals surface area contributed by atoms with Gasteiger partial charge in [-0.15, -0.1) is 4.91 Å². The Morgan fingerprint density at radius 3 is 2.59 bits per heavy atom. The first-order chi connectivity index (χ1) is 15.2. The van der Waals surface area contributed by atoms with Crippen LogP contribution in [-0.4, -0.2) is 58.9 Å². The third-order valence-electron chi connectivity index (χ3n) is 5.57. The third-order valence-corrected chi connectivity index (χ3v) is 5.57. The number of carbonyl (C=O) groups excluding carboxylic acids is 1. The van der Waals surface area contributed by atoms with Crippen molar-refractivity contribution in [3.05, 3.63) is 40.4 Å². The van der Waals surface area contributed by atoms with Crippen molar-refractivity contribution < 1.29 is 14.3 Å². The topological polar surface area (TPSA) is 97.2 Å². The molecule has 0 N–H and O–H groups in total. The van der Waals surface area contributed by atoms with E-state index in [-0.39, 0.29) is 12.1 Å². The number of nitrogens with zero attached hydrogens (tertiary/aromatic N) is 5. The lowest BCUT2D eigenvalue weighted by Crippen LogP contribution is -2.46. The van der Waals surface area contributed by atoms with E-state index >= 15 is 0 Å². The van der Waals surface area contributed by atoms with Gasteiger partial charge < -0.3 is 19.3 Å². The average molecular weight is 440 g/mol. The number of amides is 1. The van der Waals surface area contributed by atoms with Crippen LogP contribution in [0.5, 0.6) is 0 Å². The molecule has 2 aromatic rings. The highest BCUT2D eigenvalue weighted by atomic mass is 16.6. The van der Waals surface area contributed by atoms with Crippen LogP contribution < -0.4 is 4.90 Å². The first kappa shape index (κ1) is 22.1. The van der Waals surface area contributed by atoms with E-state index in [9.17, 15) is 9.70 Å². The third kappa shape index (κ3) is 4.72. The zero-order chi connectivity index (χ0) is 22.9. The normalized spacial score (nSPS) is 18.8. The van der Waals surface area contributed by atoms with E-state index in [0.717, 1.165) is 29.2 Å². The van der Waals surface area contributed by atoms with Gasteiger partial charge in [-0.05, 0) is 63.6 Å². The lowest BCUT2D eigenvalue weighted by Gasteiger charge is -2.38. The van der Waals surface area contributed by atoms with Crippen molar-refractivity contribution >= 4 is 17.6 Å². The number of carbonyl (C=O) groups is 1. The molecule has 170 valence electrons. The van der Waals surface area contributed by atoms with Gasteiger partial charge in [0.05, 0.1) is 31.5 Å². The number of morpholine rings is 1. The van der Waals surface area contributed by atoms with E-state index in [1.54, 1.807) is 29.2 Å². The molecule has 2 aliphatic rings. The summed E-state index contributed by atoms with van der Waals surface area (Å²) < 4.78 is 11.2. The van der Waals surface area contributed by atoms with Crippen LogP contribution in [-0.2, 0) is 22.4 Å². The van der Waals surface area contributed by atoms with E-state index in [1.807, 2.05) is 20.8 Å². The Morgan fingerprint density at radius 2 is 1.94 bits per heavy atom. The number of benzene rings is 1. The zero-order valence-corrected chi connectivity index (χ0v) is 19.0. The maximum atomic E-state index is 12.7. The number of fused-ring (bicyclic) bond motifs is 1. The van der Waals surface area contributed by atoms with Gasteiger partial charge in [0.2, 0.25) is 0 Å². The van der Waals surface area contributed by atoms with Crippen molar-refractivity contribution in [3.8, 4) is 11.4 Å². The molecule has 3 heterocycles. The molecule has 0 aliphatic carbocycles. The number of hydrogen-bond acceptors (Lipinski definition) is 8. The first-order valence-electron chi connectivity index (χ1n) is 10.9. The maximum absolute atomic E-state index is 12.7. The van der Waals surface area contributed by atoms with Gasteiger partial charge in [0.15, 0.2) is 5.82 Å². The highest BCUT2D eigenvalue weighted by molar-refractivity contribution is 5.70. The Balaban J connectivity index is 1.73. The summed E-state index contributed by atoms with van der Waals surface area (Å²) in [5, 5.41) is 2.96. The molecule has 1 amide bonds. The molecule has 0 saturated carbocycles. The van der Waals surface area contributed by atoms with E-state index < -0.39 is 5.60 Å². The largest absolute Gasteiger partial charge is 0.444 e. The summed E-state index contributed by atoms with van der Waals surface area (Å²) >= 11 is 0. The molecule has 0 spiro atoms. The molecule has 0 radical (unpaired) electrons. The Labute approximate surface area is 187 Å². The van der Waals surface area contributed by atoms with Crippen LogP contribution in [0.25, 0.3) is 11.4 Å². The van der Waals surface area contributed by atoms with Crippen molar-refractivity contribution in [3.63, 3.8) is 0 Å². The van der Waals surface area contributed by atoms with Crippen LogP contribution in [0.4, 0.5) is 16.3 Å². The summed E-state index contributed by atoms with van der Waals surface area (Å²) in [4.78, 5) is 37.2. The molecule has 1 aromatic carbocycles. The average Bonchev–Trinajstić information content (AvgIpc) is 2.77. The Morgan fingerprint density at radius 1 is 1.19 bits per heavy atom. The molecule has 9 nitrogen and oxygen atoms in total. The van der Waals surface area contributed by atoms with Crippen molar-refractivity contribution in [1.82, 2.24) is 14.9 Å².